The van der Waals surface area contributed by atoms with E-state index in [4.69, 9.17) is 11.6 Å². The first-order valence-electron chi connectivity index (χ1n) is 7.18. The molecule has 0 aliphatic carbocycles. The Morgan fingerprint density at radius 3 is 2.71 bits per heavy atom. The van der Waals surface area contributed by atoms with Crippen LogP contribution in [0.25, 0.3) is 10.8 Å². The van der Waals surface area contributed by atoms with Gasteiger partial charge in [-0.1, -0.05) is 35.9 Å². The summed E-state index contributed by atoms with van der Waals surface area (Å²) in [5.74, 6) is 0.0469. The number of carbonyl (C=O) groups excluding carboxylic acids is 1. The van der Waals surface area contributed by atoms with Crippen molar-refractivity contribution in [3.05, 3.63) is 41.2 Å². The normalized spacial score (nSPS) is 17.0. The summed E-state index contributed by atoms with van der Waals surface area (Å²) < 4.78 is 0. The number of nitrogens with zero attached hydrogens (tertiary/aromatic N) is 3. The van der Waals surface area contributed by atoms with E-state index in [0.29, 0.717) is 10.7 Å². The number of aromatic nitrogens is 1. The summed E-state index contributed by atoms with van der Waals surface area (Å²) in [4.78, 5) is 21.2. The molecule has 1 aliphatic rings. The maximum Gasteiger partial charge on any atom is 0.256 e. The van der Waals surface area contributed by atoms with Crippen LogP contribution in [0.15, 0.2) is 30.5 Å². The average Bonchev–Trinajstić information content (AvgIpc) is 2.72. The molecule has 0 N–H and O–H groups in total. The molecule has 5 heteroatoms. The number of halogens is 1. The number of pyridine rings is 1. The van der Waals surface area contributed by atoms with Gasteiger partial charge in [0.2, 0.25) is 0 Å². The Morgan fingerprint density at radius 2 is 1.90 bits per heavy atom. The van der Waals surface area contributed by atoms with Gasteiger partial charge in [-0.3, -0.25) is 4.79 Å². The molecule has 0 atom stereocenters. The van der Waals surface area contributed by atoms with Crippen LogP contribution in [-0.4, -0.2) is 53.9 Å². The zero-order valence-corrected chi connectivity index (χ0v) is 12.8. The van der Waals surface area contributed by atoms with Gasteiger partial charge >= 0.3 is 0 Å². The van der Waals surface area contributed by atoms with Crippen LogP contribution in [0.3, 0.4) is 0 Å². The number of amides is 1. The van der Waals surface area contributed by atoms with E-state index < -0.39 is 0 Å². The first-order valence-corrected chi connectivity index (χ1v) is 7.55. The Hall–Kier alpha value is -1.65. The molecule has 1 aromatic carbocycles. The Bertz CT molecular complexity index is 674. The van der Waals surface area contributed by atoms with E-state index in [-0.39, 0.29) is 5.91 Å². The molecule has 0 spiro atoms. The molecule has 0 saturated carbocycles. The van der Waals surface area contributed by atoms with Crippen molar-refractivity contribution in [2.45, 2.75) is 6.42 Å². The second-order valence-corrected chi connectivity index (χ2v) is 5.82. The predicted octanol–water partition coefficient (Wildman–Crippen LogP) is 2.67. The number of benzene rings is 1. The fourth-order valence-electron chi connectivity index (χ4n) is 2.75. The van der Waals surface area contributed by atoms with Crippen LogP contribution in [-0.2, 0) is 0 Å². The summed E-state index contributed by atoms with van der Waals surface area (Å²) in [5.41, 5.74) is 0.638. The summed E-state index contributed by atoms with van der Waals surface area (Å²) in [6, 6.07) is 7.66. The van der Waals surface area contributed by atoms with Gasteiger partial charge in [0.1, 0.15) is 5.15 Å². The van der Waals surface area contributed by atoms with E-state index in [2.05, 4.69) is 16.9 Å². The molecule has 4 nitrogen and oxygen atoms in total. The average molecular weight is 304 g/mol. The van der Waals surface area contributed by atoms with Crippen molar-refractivity contribution in [2.24, 2.45) is 0 Å². The first kappa shape index (κ1) is 14.3. The fraction of sp³-hybridized carbons (Fsp3) is 0.375. The molecule has 0 radical (unpaired) electrons. The molecule has 2 aromatic rings. The minimum absolute atomic E-state index is 0.0469. The minimum atomic E-state index is 0.0469. The molecule has 21 heavy (non-hydrogen) atoms. The zero-order chi connectivity index (χ0) is 14.8. The van der Waals surface area contributed by atoms with Gasteiger partial charge in [-0.05, 0) is 25.4 Å². The van der Waals surface area contributed by atoms with Gasteiger partial charge in [0.15, 0.2) is 0 Å². The Morgan fingerprint density at radius 1 is 1.14 bits per heavy atom. The Kier molecular flexibility index (Phi) is 4.08. The fourth-order valence-corrected chi connectivity index (χ4v) is 2.96. The van der Waals surface area contributed by atoms with Gasteiger partial charge in [0.05, 0.1) is 5.56 Å². The summed E-state index contributed by atoms with van der Waals surface area (Å²) in [6.45, 7) is 3.49. The third-order valence-corrected chi connectivity index (χ3v) is 4.28. The van der Waals surface area contributed by atoms with Crippen molar-refractivity contribution in [1.82, 2.24) is 14.8 Å². The van der Waals surface area contributed by atoms with Crippen LogP contribution in [0.5, 0.6) is 0 Å². The SMILES string of the molecule is CN1CCCN(C(=O)c2cnc(Cl)c3ccccc23)CC1. The van der Waals surface area contributed by atoms with E-state index in [9.17, 15) is 4.79 Å². The smallest absolute Gasteiger partial charge is 0.256 e. The number of likely N-dealkylation sites (N-methyl/N-ethyl adjacent to an activating group) is 1. The number of fused-ring (bicyclic) bond motifs is 1. The second kappa shape index (κ2) is 6.00. The molecule has 1 fully saturated rings. The maximum absolute atomic E-state index is 12.8. The van der Waals surface area contributed by atoms with Crippen LogP contribution in [0.4, 0.5) is 0 Å². The van der Waals surface area contributed by atoms with Gasteiger partial charge in [-0.15, -0.1) is 0 Å². The van der Waals surface area contributed by atoms with Crippen LogP contribution < -0.4 is 0 Å². The number of rotatable bonds is 1. The van der Waals surface area contributed by atoms with Crippen LogP contribution in [0.1, 0.15) is 16.8 Å². The molecule has 1 saturated heterocycles. The van der Waals surface area contributed by atoms with Gasteiger partial charge in [-0.25, -0.2) is 4.98 Å². The molecule has 110 valence electrons. The van der Waals surface area contributed by atoms with Gasteiger partial charge < -0.3 is 9.80 Å². The van der Waals surface area contributed by atoms with E-state index in [1.807, 2.05) is 29.2 Å². The lowest BCUT2D eigenvalue weighted by molar-refractivity contribution is 0.0764. The molecule has 1 aromatic heterocycles. The molecule has 3 rings (SSSR count). The molecule has 1 aliphatic heterocycles. The highest BCUT2D eigenvalue weighted by molar-refractivity contribution is 6.34. The summed E-state index contributed by atoms with van der Waals surface area (Å²) in [6.07, 6.45) is 2.60. The number of hydrogen-bond donors (Lipinski definition) is 0. The zero-order valence-electron chi connectivity index (χ0n) is 12.1. The molecule has 0 unspecified atom stereocenters. The molecular weight excluding hydrogens is 286 g/mol. The minimum Gasteiger partial charge on any atom is -0.337 e. The third-order valence-electron chi connectivity index (χ3n) is 3.98. The highest BCUT2D eigenvalue weighted by Crippen LogP contribution is 2.25. The lowest BCUT2D eigenvalue weighted by atomic mass is 10.1. The highest BCUT2D eigenvalue weighted by atomic mass is 35.5. The van der Waals surface area contributed by atoms with E-state index in [0.717, 1.165) is 43.4 Å². The maximum atomic E-state index is 12.8. The topological polar surface area (TPSA) is 36.4 Å². The van der Waals surface area contributed by atoms with Gasteiger partial charge in [0.25, 0.3) is 5.91 Å². The van der Waals surface area contributed by atoms with Crippen molar-refractivity contribution >= 4 is 28.3 Å². The summed E-state index contributed by atoms with van der Waals surface area (Å²) >= 11 is 6.12. The lowest BCUT2D eigenvalue weighted by Crippen LogP contribution is -2.34. The summed E-state index contributed by atoms with van der Waals surface area (Å²) in [7, 11) is 2.09. The van der Waals surface area contributed by atoms with Crippen molar-refractivity contribution in [3.63, 3.8) is 0 Å². The van der Waals surface area contributed by atoms with Crippen LogP contribution >= 0.6 is 11.6 Å². The van der Waals surface area contributed by atoms with Crippen molar-refractivity contribution in [1.29, 1.82) is 0 Å². The number of hydrogen-bond acceptors (Lipinski definition) is 3. The van der Waals surface area contributed by atoms with Crippen molar-refractivity contribution < 1.29 is 4.79 Å². The first-order chi connectivity index (χ1) is 10.2. The van der Waals surface area contributed by atoms with Gasteiger partial charge in [-0.2, -0.15) is 0 Å². The number of carbonyl (C=O) groups is 1. The highest BCUT2D eigenvalue weighted by Gasteiger charge is 2.21. The lowest BCUT2D eigenvalue weighted by Gasteiger charge is -2.21. The van der Waals surface area contributed by atoms with Crippen LogP contribution in [0.2, 0.25) is 5.15 Å². The Labute approximate surface area is 129 Å². The largest absolute Gasteiger partial charge is 0.337 e. The standard InChI is InChI=1S/C16H18ClN3O/c1-19-7-4-8-20(10-9-19)16(21)14-11-18-15(17)13-6-3-2-5-12(13)14/h2-3,5-6,11H,4,7-10H2,1H3. The second-order valence-electron chi connectivity index (χ2n) is 5.46. The monoisotopic (exact) mass is 303 g/mol. The van der Waals surface area contributed by atoms with Crippen molar-refractivity contribution in [2.75, 3.05) is 33.2 Å². The third kappa shape index (κ3) is 2.87. The predicted molar refractivity (Wildman–Crippen MR) is 84.8 cm³/mol. The Balaban J connectivity index is 1.96. The molecule has 0 bridgehead atoms. The molecule has 2 heterocycles. The van der Waals surface area contributed by atoms with E-state index in [1.54, 1.807) is 6.20 Å². The molecule has 1 amide bonds. The summed E-state index contributed by atoms with van der Waals surface area (Å²) in [5, 5.41) is 2.15. The van der Waals surface area contributed by atoms with Crippen molar-refractivity contribution in [3.8, 4) is 0 Å². The van der Waals surface area contributed by atoms with Crippen LogP contribution in [0, 0.1) is 0 Å². The van der Waals surface area contributed by atoms with Gasteiger partial charge in [0, 0.05) is 31.2 Å². The quantitative estimate of drug-likeness (QED) is 0.760. The van der Waals surface area contributed by atoms with E-state index in [1.165, 1.54) is 0 Å². The molecular formula is C16H18ClN3O. The van der Waals surface area contributed by atoms with E-state index >= 15 is 0 Å².